The summed E-state index contributed by atoms with van der Waals surface area (Å²) in [5.41, 5.74) is 1.14. The van der Waals surface area contributed by atoms with Gasteiger partial charge in [-0.2, -0.15) is 0 Å². The first-order chi connectivity index (χ1) is 12.6. The lowest BCUT2D eigenvalue weighted by Gasteiger charge is -2.30. The van der Waals surface area contributed by atoms with Crippen LogP contribution in [0, 0.1) is 5.92 Å². The van der Waals surface area contributed by atoms with Gasteiger partial charge in [0.2, 0.25) is 5.91 Å². The molecule has 0 spiro atoms. The minimum atomic E-state index is -0.221. The van der Waals surface area contributed by atoms with Crippen LogP contribution < -0.4 is 15.5 Å². The van der Waals surface area contributed by atoms with Gasteiger partial charge in [-0.1, -0.05) is 13.8 Å². The summed E-state index contributed by atoms with van der Waals surface area (Å²) in [4.78, 5) is 19.6. The zero-order chi connectivity index (χ0) is 18.4. The topological polar surface area (TPSA) is 66.5 Å². The third kappa shape index (κ3) is 5.17. The van der Waals surface area contributed by atoms with Gasteiger partial charge in [0, 0.05) is 32.3 Å². The maximum absolute atomic E-state index is 12.8. The van der Waals surface area contributed by atoms with E-state index in [1.165, 1.54) is 19.3 Å². The average Bonchev–Trinajstić information content (AvgIpc) is 2.68. The largest absolute Gasteiger partial charge is 0.381 e. The molecule has 1 unspecified atom stereocenters. The summed E-state index contributed by atoms with van der Waals surface area (Å²) in [7, 11) is 0. The molecule has 2 N–H and O–H groups in total. The van der Waals surface area contributed by atoms with Gasteiger partial charge < -0.3 is 20.3 Å². The number of nitrogens with zero attached hydrogens (tertiary/aromatic N) is 2. The van der Waals surface area contributed by atoms with Crippen LogP contribution >= 0.6 is 0 Å². The lowest BCUT2D eigenvalue weighted by atomic mass is 10.00. The molecule has 1 aromatic rings. The molecule has 1 aromatic heterocycles. The maximum atomic E-state index is 12.8. The summed E-state index contributed by atoms with van der Waals surface area (Å²) in [5, 5.41) is 6.49. The van der Waals surface area contributed by atoms with Crippen molar-refractivity contribution in [1.29, 1.82) is 0 Å². The fourth-order valence-electron chi connectivity index (χ4n) is 3.69. The Bertz CT molecular complexity index is 564. The highest BCUT2D eigenvalue weighted by atomic mass is 16.5. The Labute approximate surface area is 156 Å². The highest BCUT2D eigenvalue weighted by Gasteiger charge is 2.26. The number of hydrogen-bond donors (Lipinski definition) is 2. The van der Waals surface area contributed by atoms with Crippen LogP contribution in [-0.2, 0) is 9.53 Å². The molecule has 3 rings (SSSR count). The molecule has 0 aliphatic carbocycles. The first-order valence-electron chi connectivity index (χ1n) is 9.99. The first kappa shape index (κ1) is 19.1. The summed E-state index contributed by atoms with van der Waals surface area (Å²) >= 11 is 0. The van der Waals surface area contributed by atoms with Gasteiger partial charge in [0.15, 0.2) is 0 Å². The van der Waals surface area contributed by atoms with Crippen molar-refractivity contribution in [3.05, 3.63) is 18.3 Å². The summed E-state index contributed by atoms with van der Waals surface area (Å²) in [6.45, 7) is 7.87. The standard InChI is InChI=1S/C20H32N4O2/c1-15(2)19(22-16-8-12-26-13-9-16)20(25)23-18-7-6-17(14-21-18)24-10-4-3-5-11-24/h6-7,14-16,19,22H,3-5,8-13H2,1-2H3,(H,21,23,25). The number of nitrogens with one attached hydrogen (secondary N) is 2. The van der Waals surface area contributed by atoms with Crippen molar-refractivity contribution < 1.29 is 9.53 Å². The molecular weight excluding hydrogens is 328 g/mol. The van der Waals surface area contributed by atoms with Gasteiger partial charge in [-0.05, 0) is 50.2 Å². The molecule has 0 aromatic carbocycles. The number of hydrogen-bond acceptors (Lipinski definition) is 5. The Balaban J connectivity index is 1.57. The second-order valence-corrected chi connectivity index (χ2v) is 7.71. The lowest BCUT2D eigenvalue weighted by Crippen LogP contribution is -2.50. The van der Waals surface area contributed by atoms with Crippen LogP contribution in [0.25, 0.3) is 0 Å². The van der Waals surface area contributed by atoms with Crippen molar-refractivity contribution in [2.75, 3.05) is 36.5 Å². The molecule has 3 heterocycles. The zero-order valence-electron chi connectivity index (χ0n) is 16.0. The van der Waals surface area contributed by atoms with Crippen molar-refractivity contribution in [3.8, 4) is 0 Å². The molecule has 2 aliphatic rings. The van der Waals surface area contributed by atoms with Crippen molar-refractivity contribution >= 4 is 17.4 Å². The summed E-state index contributed by atoms with van der Waals surface area (Å²) < 4.78 is 5.40. The van der Waals surface area contributed by atoms with Gasteiger partial charge >= 0.3 is 0 Å². The van der Waals surface area contributed by atoms with Crippen molar-refractivity contribution in [2.45, 2.75) is 58.0 Å². The van der Waals surface area contributed by atoms with E-state index >= 15 is 0 Å². The molecule has 26 heavy (non-hydrogen) atoms. The quantitative estimate of drug-likeness (QED) is 0.817. The minimum absolute atomic E-state index is 0.00952. The highest BCUT2D eigenvalue weighted by molar-refractivity contribution is 5.94. The molecule has 2 aliphatic heterocycles. The number of rotatable bonds is 6. The van der Waals surface area contributed by atoms with Gasteiger partial charge in [-0.3, -0.25) is 4.79 Å². The van der Waals surface area contributed by atoms with Crippen LogP contribution in [0.2, 0.25) is 0 Å². The molecular formula is C20H32N4O2. The molecule has 2 saturated heterocycles. The van der Waals surface area contributed by atoms with Crippen LogP contribution in [0.1, 0.15) is 46.0 Å². The van der Waals surface area contributed by atoms with Gasteiger partial charge in [0.05, 0.1) is 17.9 Å². The number of amides is 1. The third-order valence-corrected chi connectivity index (χ3v) is 5.31. The Morgan fingerprint density at radius 1 is 1.19 bits per heavy atom. The number of anilines is 2. The van der Waals surface area contributed by atoms with E-state index in [0.717, 1.165) is 44.8 Å². The molecule has 0 saturated carbocycles. The van der Waals surface area contributed by atoms with Crippen LogP contribution in [0.4, 0.5) is 11.5 Å². The number of piperidine rings is 1. The minimum Gasteiger partial charge on any atom is -0.381 e. The predicted octanol–water partition coefficient (Wildman–Crippen LogP) is 2.80. The summed E-state index contributed by atoms with van der Waals surface area (Å²) in [5.74, 6) is 0.824. The van der Waals surface area contributed by atoms with Gasteiger partial charge in [-0.15, -0.1) is 0 Å². The zero-order valence-corrected chi connectivity index (χ0v) is 16.0. The first-order valence-corrected chi connectivity index (χ1v) is 9.99. The van der Waals surface area contributed by atoms with Gasteiger partial charge in [-0.25, -0.2) is 4.98 Å². The van der Waals surface area contributed by atoms with E-state index in [1.807, 2.05) is 12.3 Å². The van der Waals surface area contributed by atoms with Crippen LogP contribution in [-0.4, -0.2) is 49.3 Å². The molecule has 1 atom stereocenters. The lowest BCUT2D eigenvalue weighted by molar-refractivity contribution is -0.119. The Kier molecular flexibility index (Phi) is 6.86. The fourth-order valence-corrected chi connectivity index (χ4v) is 3.69. The number of pyridine rings is 1. The van der Waals surface area contributed by atoms with Crippen LogP contribution in [0.3, 0.4) is 0 Å². The number of ether oxygens (including phenoxy) is 1. The van der Waals surface area contributed by atoms with Crippen LogP contribution in [0.5, 0.6) is 0 Å². The Morgan fingerprint density at radius 2 is 1.92 bits per heavy atom. The van der Waals surface area contributed by atoms with Crippen molar-refractivity contribution in [2.24, 2.45) is 5.92 Å². The number of aromatic nitrogens is 1. The third-order valence-electron chi connectivity index (χ3n) is 5.31. The van der Waals surface area contributed by atoms with E-state index < -0.39 is 0 Å². The fraction of sp³-hybridized carbons (Fsp3) is 0.700. The molecule has 1 amide bonds. The van der Waals surface area contributed by atoms with Gasteiger partial charge in [0.25, 0.3) is 0 Å². The predicted molar refractivity (Wildman–Crippen MR) is 105 cm³/mol. The van der Waals surface area contributed by atoms with E-state index in [4.69, 9.17) is 4.74 Å². The van der Waals surface area contributed by atoms with Crippen molar-refractivity contribution in [3.63, 3.8) is 0 Å². The Hall–Kier alpha value is -1.66. The van der Waals surface area contributed by atoms with Crippen molar-refractivity contribution in [1.82, 2.24) is 10.3 Å². The molecule has 2 fully saturated rings. The van der Waals surface area contributed by atoms with E-state index in [1.54, 1.807) is 0 Å². The molecule has 144 valence electrons. The second-order valence-electron chi connectivity index (χ2n) is 7.71. The van der Waals surface area contributed by atoms with E-state index in [-0.39, 0.29) is 17.9 Å². The van der Waals surface area contributed by atoms with E-state index in [0.29, 0.717) is 11.9 Å². The maximum Gasteiger partial charge on any atom is 0.242 e. The van der Waals surface area contributed by atoms with Crippen LogP contribution in [0.15, 0.2) is 18.3 Å². The SMILES string of the molecule is CC(C)C(NC1CCOCC1)C(=O)Nc1ccc(N2CCCCC2)cn1. The number of carbonyl (C=O) groups is 1. The molecule has 0 bridgehead atoms. The molecule has 6 nitrogen and oxygen atoms in total. The second kappa shape index (κ2) is 9.33. The Morgan fingerprint density at radius 3 is 2.54 bits per heavy atom. The molecule has 0 radical (unpaired) electrons. The smallest absolute Gasteiger partial charge is 0.242 e. The molecule has 6 heteroatoms. The normalized spacial score (nSPS) is 20.2. The summed E-state index contributed by atoms with van der Waals surface area (Å²) in [6, 6.07) is 4.09. The number of carbonyl (C=O) groups excluding carboxylic acids is 1. The summed E-state index contributed by atoms with van der Waals surface area (Å²) in [6.07, 6.45) is 7.59. The monoisotopic (exact) mass is 360 g/mol. The average molecular weight is 361 g/mol. The highest BCUT2D eigenvalue weighted by Crippen LogP contribution is 2.20. The van der Waals surface area contributed by atoms with Gasteiger partial charge in [0.1, 0.15) is 5.82 Å². The van der Waals surface area contributed by atoms with E-state index in [2.05, 4.69) is 40.4 Å². The van der Waals surface area contributed by atoms with E-state index in [9.17, 15) is 4.79 Å².